The molecular formula is C15H18NS. The van der Waals surface area contributed by atoms with Crippen LogP contribution in [0.3, 0.4) is 0 Å². The Morgan fingerprint density at radius 3 is 2.71 bits per heavy atom. The summed E-state index contributed by atoms with van der Waals surface area (Å²) in [4.78, 5) is 5.55. The molecule has 0 spiro atoms. The smallest absolute Gasteiger partial charge is 0.153 e. The van der Waals surface area contributed by atoms with Crippen molar-refractivity contribution in [2.45, 2.75) is 40.0 Å². The molecule has 0 atom stereocenters. The number of unbranched alkanes of at least 4 members (excludes halogenated alkanes) is 1. The van der Waals surface area contributed by atoms with E-state index in [0.29, 0.717) is 0 Å². The van der Waals surface area contributed by atoms with E-state index in [0.717, 1.165) is 5.69 Å². The fourth-order valence-corrected chi connectivity index (χ4v) is 2.56. The SMILES string of the molecule is CCCCc1ccc(-c2n[c]sc2C)cc1C. The van der Waals surface area contributed by atoms with Crippen molar-refractivity contribution in [3.05, 3.63) is 39.7 Å². The Kier molecular flexibility index (Phi) is 3.95. The fourth-order valence-electron chi connectivity index (χ4n) is 2.02. The Morgan fingerprint density at radius 2 is 2.12 bits per heavy atom. The van der Waals surface area contributed by atoms with Crippen molar-refractivity contribution in [1.82, 2.24) is 4.98 Å². The normalized spacial score (nSPS) is 10.8. The van der Waals surface area contributed by atoms with Gasteiger partial charge in [-0.3, -0.25) is 0 Å². The number of aromatic nitrogens is 1. The third kappa shape index (κ3) is 2.75. The maximum absolute atomic E-state index is 4.31. The predicted octanol–water partition coefficient (Wildman–Crippen LogP) is 4.57. The molecule has 1 nitrogen and oxygen atoms in total. The summed E-state index contributed by atoms with van der Waals surface area (Å²) < 4.78 is 0. The zero-order valence-corrected chi connectivity index (χ0v) is 11.5. The van der Waals surface area contributed by atoms with Crippen LogP contribution in [0.5, 0.6) is 0 Å². The molecule has 1 radical (unpaired) electrons. The van der Waals surface area contributed by atoms with Crippen LogP contribution >= 0.6 is 11.3 Å². The largest absolute Gasteiger partial charge is 0.233 e. The van der Waals surface area contributed by atoms with Crippen molar-refractivity contribution in [3.8, 4) is 11.3 Å². The first-order chi connectivity index (χ1) is 8.22. The Balaban J connectivity index is 2.28. The first-order valence-corrected chi connectivity index (χ1v) is 6.97. The van der Waals surface area contributed by atoms with Gasteiger partial charge in [0.15, 0.2) is 5.51 Å². The van der Waals surface area contributed by atoms with Crippen LogP contribution in [0.15, 0.2) is 18.2 Å². The second-order valence-corrected chi connectivity index (χ2v) is 5.45. The summed E-state index contributed by atoms with van der Waals surface area (Å²) in [6.45, 7) is 6.53. The van der Waals surface area contributed by atoms with E-state index in [-0.39, 0.29) is 0 Å². The van der Waals surface area contributed by atoms with Crippen LogP contribution in [-0.2, 0) is 6.42 Å². The van der Waals surface area contributed by atoms with Gasteiger partial charge in [0, 0.05) is 10.4 Å². The first kappa shape index (κ1) is 12.3. The quantitative estimate of drug-likeness (QED) is 0.767. The van der Waals surface area contributed by atoms with Gasteiger partial charge in [-0.05, 0) is 43.9 Å². The molecule has 2 aromatic rings. The lowest BCUT2D eigenvalue weighted by molar-refractivity contribution is 0.791. The molecule has 0 unspecified atom stereocenters. The molecule has 0 aliphatic rings. The van der Waals surface area contributed by atoms with Gasteiger partial charge < -0.3 is 0 Å². The molecule has 2 heteroatoms. The van der Waals surface area contributed by atoms with Crippen LogP contribution < -0.4 is 0 Å². The lowest BCUT2D eigenvalue weighted by Gasteiger charge is -2.07. The van der Waals surface area contributed by atoms with E-state index in [1.807, 2.05) is 0 Å². The molecule has 89 valence electrons. The van der Waals surface area contributed by atoms with Gasteiger partial charge in [0.25, 0.3) is 0 Å². The number of benzene rings is 1. The number of hydrogen-bond acceptors (Lipinski definition) is 2. The minimum atomic E-state index is 1.08. The summed E-state index contributed by atoms with van der Waals surface area (Å²) in [5.74, 6) is 0. The topological polar surface area (TPSA) is 12.9 Å². The zero-order chi connectivity index (χ0) is 12.3. The minimum Gasteiger partial charge on any atom is -0.233 e. The van der Waals surface area contributed by atoms with E-state index < -0.39 is 0 Å². The van der Waals surface area contributed by atoms with Crippen molar-refractivity contribution in [2.75, 3.05) is 0 Å². The Hall–Kier alpha value is -1.15. The Bertz CT molecular complexity index is 499. The van der Waals surface area contributed by atoms with Crippen LogP contribution in [-0.4, -0.2) is 4.98 Å². The van der Waals surface area contributed by atoms with E-state index in [1.54, 1.807) is 11.3 Å². The number of rotatable bonds is 4. The standard InChI is InChI=1S/C15H18NS/c1-4-5-6-13-7-8-14(9-11(13)2)15-12(3)17-10-16-15/h7-9H,4-6H2,1-3H3. The highest BCUT2D eigenvalue weighted by Gasteiger charge is 2.07. The molecule has 1 aromatic carbocycles. The van der Waals surface area contributed by atoms with Gasteiger partial charge in [0.05, 0.1) is 5.69 Å². The van der Waals surface area contributed by atoms with Gasteiger partial charge >= 0.3 is 0 Å². The highest BCUT2D eigenvalue weighted by Crippen LogP contribution is 2.26. The van der Waals surface area contributed by atoms with Crippen molar-refractivity contribution in [2.24, 2.45) is 0 Å². The van der Waals surface area contributed by atoms with Crippen LogP contribution in [0, 0.1) is 19.4 Å². The molecule has 0 saturated carbocycles. The van der Waals surface area contributed by atoms with Crippen LogP contribution in [0.4, 0.5) is 0 Å². The van der Waals surface area contributed by atoms with E-state index in [2.05, 4.69) is 49.5 Å². The van der Waals surface area contributed by atoms with Gasteiger partial charge in [-0.1, -0.05) is 25.5 Å². The van der Waals surface area contributed by atoms with Crippen LogP contribution in [0.2, 0.25) is 0 Å². The highest BCUT2D eigenvalue weighted by molar-refractivity contribution is 7.09. The van der Waals surface area contributed by atoms with Gasteiger partial charge in [-0.2, -0.15) is 0 Å². The number of hydrogen-bond donors (Lipinski definition) is 0. The lowest BCUT2D eigenvalue weighted by Crippen LogP contribution is -1.91. The van der Waals surface area contributed by atoms with Crippen LogP contribution in [0.25, 0.3) is 11.3 Å². The highest BCUT2D eigenvalue weighted by atomic mass is 32.1. The molecule has 0 saturated heterocycles. The average Bonchev–Trinajstić information content (AvgIpc) is 2.74. The minimum absolute atomic E-state index is 1.08. The Labute approximate surface area is 108 Å². The van der Waals surface area contributed by atoms with Crippen molar-refractivity contribution in [3.63, 3.8) is 0 Å². The van der Waals surface area contributed by atoms with Gasteiger partial charge in [-0.15, -0.1) is 11.3 Å². The summed E-state index contributed by atoms with van der Waals surface area (Å²) in [6, 6.07) is 6.69. The Morgan fingerprint density at radius 1 is 1.29 bits per heavy atom. The molecule has 0 aliphatic carbocycles. The molecule has 0 aliphatic heterocycles. The molecule has 0 bridgehead atoms. The molecule has 17 heavy (non-hydrogen) atoms. The van der Waals surface area contributed by atoms with Crippen molar-refractivity contribution < 1.29 is 0 Å². The van der Waals surface area contributed by atoms with E-state index in [9.17, 15) is 0 Å². The van der Waals surface area contributed by atoms with Crippen molar-refractivity contribution >= 4 is 11.3 Å². The molecule has 0 N–H and O–H groups in total. The second-order valence-electron chi connectivity index (χ2n) is 4.45. The van der Waals surface area contributed by atoms with E-state index in [1.165, 1.54) is 40.8 Å². The molecule has 1 aromatic heterocycles. The third-order valence-corrected chi connectivity index (χ3v) is 3.79. The maximum atomic E-state index is 4.31. The summed E-state index contributed by atoms with van der Waals surface area (Å²) in [5, 5.41) is 0. The number of thiazole rings is 1. The molecule has 0 amide bonds. The van der Waals surface area contributed by atoms with E-state index >= 15 is 0 Å². The maximum Gasteiger partial charge on any atom is 0.153 e. The zero-order valence-electron chi connectivity index (χ0n) is 10.7. The monoisotopic (exact) mass is 244 g/mol. The molecule has 1 heterocycles. The first-order valence-electron chi connectivity index (χ1n) is 6.15. The van der Waals surface area contributed by atoms with Crippen molar-refractivity contribution in [1.29, 1.82) is 0 Å². The third-order valence-electron chi connectivity index (χ3n) is 3.11. The van der Waals surface area contributed by atoms with E-state index in [4.69, 9.17) is 0 Å². The predicted molar refractivity (Wildman–Crippen MR) is 74.5 cm³/mol. The average molecular weight is 244 g/mol. The molecule has 0 fully saturated rings. The summed E-state index contributed by atoms with van der Waals surface area (Å²) in [6.07, 6.45) is 3.70. The van der Waals surface area contributed by atoms with Crippen LogP contribution in [0.1, 0.15) is 35.8 Å². The van der Waals surface area contributed by atoms with Gasteiger partial charge in [0.1, 0.15) is 0 Å². The second kappa shape index (κ2) is 5.46. The lowest BCUT2D eigenvalue weighted by atomic mass is 9.99. The summed E-state index contributed by atoms with van der Waals surface area (Å²) >= 11 is 1.59. The summed E-state index contributed by atoms with van der Waals surface area (Å²) in [5.41, 5.74) is 8.10. The number of nitrogens with zero attached hydrogens (tertiary/aromatic N) is 1. The molecular weight excluding hydrogens is 226 g/mol. The number of aryl methyl sites for hydroxylation is 3. The fraction of sp³-hybridized carbons (Fsp3) is 0.400. The van der Waals surface area contributed by atoms with Gasteiger partial charge in [0.2, 0.25) is 0 Å². The molecule has 2 rings (SSSR count). The van der Waals surface area contributed by atoms with Gasteiger partial charge in [-0.25, -0.2) is 4.98 Å². The summed E-state index contributed by atoms with van der Waals surface area (Å²) in [7, 11) is 0.